The minimum atomic E-state index is -0.303. The maximum absolute atomic E-state index is 13.8. The number of benzene rings is 1. The fraction of sp³-hybridized carbons (Fsp3) is 0.333. The van der Waals surface area contributed by atoms with Gasteiger partial charge in [-0.3, -0.25) is 0 Å². The first-order valence-electron chi connectivity index (χ1n) is 9.11. The number of aryl methyl sites for hydroxylation is 2. The Morgan fingerprint density at radius 2 is 2.04 bits per heavy atom. The molecule has 0 spiro atoms. The zero-order valence-corrected chi connectivity index (χ0v) is 16.1. The molecule has 0 saturated carbocycles. The molecule has 0 saturated heterocycles. The number of hydrogen-bond acceptors (Lipinski definition) is 4. The highest BCUT2D eigenvalue weighted by Gasteiger charge is 2.28. The lowest BCUT2D eigenvalue weighted by molar-refractivity contribution is 0.335. The molecule has 1 aromatic carbocycles. The van der Waals surface area contributed by atoms with Crippen LogP contribution in [0, 0.1) is 26.6 Å². The van der Waals surface area contributed by atoms with Crippen LogP contribution >= 0.6 is 0 Å². The van der Waals surface area contributed by atoms with Crippen LogP contribution in [-0.4, -0.2) is 26.1 Å². The van der Waals surface area contributed by atoms with Gasteiger partial charge >= 0.3 is 0 Å². The number of halogens is 1. The van der Waals surface area contributed by atoms with E-state index >= 15 is 0 Å². The van der Waals surface area contributed by atoms with Gasteiger partial charge in [-0.1, -0.05) is 6.58 Å². The van der Waals surface area contributed by atoms with Gasteiger partial charge in [-0.05, 0) is 51.5 Å². The number of fused-ring (bicyclic) bond motifs is 3. The summed E-state index contributed by atoms with van der Waals surface area (Å²) in [6, 6.07) is 4.54. The first-order valence-corrected chi connectivity index (χ1v) is 9.11. The van der Waals surface area contributed by atoms with Crippen molar-refractivity contribution in [1.82, 2.24) is 19.5 Å². The first-order chi connectivity index (χ1) is 12.9. The maximum atomic E-state index is 13.8. The van der Waals surface area contributed by atoms with Gasteiger partial charge in [-0.25, -0.2) is 13.9 Å². The molecule has 0 unspecified atom stereocenters. The largest absolute Gasteiger partial charge is 0.493 e. The van der Waals surface area contributed by atoms with Crippen LogP contribution in [0.15, 0.2) is 24.8 Å². The minimum Gasteiger partial charge on any atom is -0.493 e. The van der Waals surface area contributed by atoms with E-state index in [-0.39, 0.29) is 5.82 Å². The molecule has 6 heteroatoms. The summed E-state index contributed by atoms with van der Waals surface area (Å²) in [6.07, 6.45) is 0. The van der Waals surface area contributed by atoms with E-state index in [9.17, 15) is 4.39 Å². The number of aromatic nitrogens is 3. The smallest absolute Gasteiger partial charge is 0.160 e. The third-order valence-corrected chi connectivity index (χ3v) is 5.34. The van der Waals surface area contributed by atoms with E-state index in [0.717, 1.165) is 39.6 Å². The van der Waals surface area contributed by atoms with Crippen molar-refractivity contribution in [2.24, 2.45) is 0 Å². The number of hydrogen-bond donors (Lipinski definition) is 0. The average molecular weight is 366 g/mol. The van der Waals surface area contributed by atoms with Crippen molar-refractivity contribution in [1.29, 1.82) is 0 Å². The van der Waals surface area contributed by atoms with Crippen molar-refractivity contribution in [3.05, 3.63) is 64.4 Å². The van der Waals surface area contributed by atoms with Crippen LogP contribution in [0.1, 0.15) is 40.7 Å². The summed E-state index contributed by atoms with van der Waals surface area (Å²) in [7, 11) is 0. The Morgan fingerprint density at radius 3 is 2.78 bits per heavy atom. The molecule has 0 aliphatic carbocycles. The van der Waals surface area contributed by atoms with E-state index in [2.05, 4.69) is 25.3 Å². The van der Waals surface area contributed by atoms with Crippen LogP contribution in [0.25, 0.3) is 11.3 Å². The molecule has 0 amide bonds. The topological polar surface area (TPSA) is 42.7 Å². The lowest BCUT2D eigenvalue weighted by atomic mass is 10.1. The molecule has 0 N–H and O–H groups in total. The van der Waals surface area contributed by atoms with E-state index in [0.29, 0.717) is 31.0 Å². The minimum absolute atomic E-state index is 0.303. The molecular formula is C21H23FN4O. The van der Waals surface area contributed by atoms with Gasteiger partial charge in [0.15, 0.2) is 5.65 Å². The van der Waals surface area contributed by atoms with Crippen molar-refractivity contribution in [2.45, 2.75) is 40.8 Å². The maximum Gasteiger partial charge on any atom is 0.160 e. The quantitative estimate of drug-likeness (QED) is 0.695. The molecule has 3 heterocycles. The predicted molar refractivity (Wildman–Crippen MR) is 103 cm³/mol. The van der Waals surface area contributed by atoms with Crippen LogP contribution < -0.4 is 4.74 Å². The van der Waals surface area contributed by atoms with Gasteiger partial charge in [0.1, 0.15) is 11.6 Å². The van der Waals surface area contributed by atoms with Gasteiger partial charge in [-0.15, -0.1) is 0 Å². The second-order valence-corrected chi connectivity index (χ2v) is 6.94. The van der Waals surface area contributed by atoms with E-state index in [1.165, 1.54) is 12.1 Å². The highest BCUT2D eigenvalue weighted by Crippen LogP contribution is 2.35. The monoisotopic (exact) mass is 366 g/mol. The van der Waals surface area contributed by atoms with Gasteiger partial charge < -0.3 is 9.64 Å². The van der Waals surface area contributed by atoms with E-state index in [1.54, 1.807) is 6.07 Å². The average Bonchev–Trinajstić information content (AvgIpc) is 3.20. The Morgan fingerprint density at radius 1 is 1.26 bits per heavy atom. The van der Waals surface area contributed by atoms with Crippen LogP contribution in [0.3, 0.4) is 0 Å². The molecular weight excluding hydrogens is 343 g/mol. The number of rotatable bonds is 4. The lowest BCUT2D eigenvalue weighted by Crippen LogP contribution is -2.16. The van der Waals surface area contributed by atoms with Gasteiger partial charge in [0.25, 0.3) is 0 Å². The number of nitrogens with zero attached hydrogens (tertiary/aromatic N) is 4. The Labute approximate surface area is 158 Å². The zero-order valence-electron chi connectivity index (χ0n) is 16.1. The molecule has 27 heavy (non-hydrogen) atoms. The summed E-state index contributed by atoms with van der Waals surface area (Å²) in [5, 5.41) is 4.76. The molecule has 3 aromatic rings. The Balaban J connectivity index is 1.70. The lowest BCUT2D eigenvalue weighted by Gasteiger charge is -2.23. The Kier molecular flexibility index (Phi) is 4.13. The molecule has 0 radical (unpaired) electrons. The summed E-state index contributed by atoms with van der Waals surface area (Å²) < 4.78 is 21.4. The van der Waals surface area contributed by atoms with Crippen molar-refractivity contribution < 1.29 is 9.13 Å². The SMILES string of the molecule is C=C(c1cc(F)ccc1OCC)N1Cc2nn3c(C)c(C)c(C)nc3c2C1. The van der Waals surface area contributed by atoms with Crippen molar-refractivity contribution in [2.75, 3.05) is 6.61 Å². The Hall–Kier alpha value is -2.89. The highest BCUT2D eigenvalue weighted by molar-refractivity contribution is 5.69. The second kappa shape index (κ2) is 6.37. The van der Waals surface area contributed by atoms with Gasteiger partial charge in [-0.2, -0.15) is 5.10 Å². The van der Waals surface area contributed by atoms with Crippen molar-refractivity contribution in [3.63, 3.8) is 0 Å². The summed E-state index contributed by atoms with van der Waals surface area (Å²) in [6.45, 7) is 14.1. The molecule has 4 rings (SSSR count). The molecule has 0 fully saturated rings. The third kappa shape index (κ3) is 2.76. The van der Waals surface area contributed by atoms with Crippen LogP contribution in [0.2, 0.25) is 0 Å². The van der Waals surface area contributed by atoms with Crippen LogP contribution in [-0.2, 0) is 13.1 Å². The third-order valence-electron chi connectivity index (χ3n) is 5.34. The molecule has 2 aromatic heterocycles. The molecule has 0 bridgehead atoms. The highest BCUT2D eigenvalue weighted by atomic mass is 19.1. The molecule has 5 nitrogen and oxygen atoms in total. The standard InChI is InChI=1S/C21H23FN4O/c1-6-27-20-8-7-16(22)9-17(20)15(5)25-10-18-19(11-25)24-26-14(4)12(2)13(3)23-21(18)26/h7-9H,5-6,10-11H2,1-4H3. The molecule has 1 aliphatic heterocycles. The summed E-state index contributed by atoms with van der Waals surface area (Å²) >= 11 is 0. The van der Waals surface area contributed by atoms with Crippen molar-refractivity contribution >= 4 is 11.3 Å². The first kappa shape index (κ1) is 17.5. The normalized spacial score (nSPS) is 13.3. The van der Waals surface area contributed by atoms with E-state index < -0.39 is 0 Å². The summed E-state index contributed by atoms with van der Waals surface area (Å²) in [5.74, 6) is 0.339. The summed E-state index contributed by atoms with van der Waals surface area (Å²) in [5.41, 5.74) is 7.69. The second-order valence-electron chi connectivity index (χ2n) is 6.94. The predicted octanol–water partition coefficient (Wildman–Crippen LogP) is 4.18. The fourth-order valence-electron chi connectivity index (χ4n) is 3.58. The molecule has 0 atom stereocenters. The number of ether oxygens (including phenoxy) is 1. The van der Waals surface area contributed by atoms with Gasteiger partial charge in [0.05, 0.1) is 18.8 Å². The summed E-state index contributed by atoms with van der Waals surface area (Å²) in [4.78, 5) is 6.85. The zero-order chi connectivity index (χ0) is 19.3. The Bertz CT molecular complexity index is 1070. The fourth-order valence-corrected chi connectivity index (χ4v) is 3.58. The van der Waals surface area contributed by atoms with Gasteiger partial charge in [0, 0.05) is 34.8 Å². The molecule has 140 valence electrons. The van der Waals surface area contributed by atoms with Crippen LogP contribution in [0.5, 0.6) is 5.75 Å². The van der Waals surface area contributed by atoms with Crippen molar-refractivity contribution in [3.8, 4) is 5.75 Å². The van der Waals surface area contributed by atoms with E-state index in [4.69, 9.17) is 14.8 Å². The van der Waals surface area contributed by atoms with Crippen LogP contribution in [0.4, 0.5) is 4.39 Å². The van der Waals surface area contributed by atoms with E-state index in [1.807, 2.05) is 18.4 Å². The molecule has 1 aliphatic rings. The van der Waals surface area contributed by atoms with Gasteiger partial charge in [0.2, 0.25) is 0 Å².